The van der Waals surface area contributed by atoms with Gasteiger partial charge in [-0.15, -0.1) is 0 Å². The summed E-state index contributed by atoms with van der Waals surface area (Å²) in [6, 6.07) is 5.71. The fraction of sp³-hybridized carbons (Fsp3) is 0.533. The Balaban J connectivity index is 2.08. The van der Waals surface area contributed by atoms with Crippen LogP contribution in [0.5, 0.6) is 5.75 Å². The van der Waals surface area contributed by atoms with Gasteiger partial charge in [0.05, 0.1) is 7.11 Å². The molecule has 1 heterocycles. The molecule has 1 amide bonds. The first kappa shape index (κ1) is 13.9. The number of anilines is 1. The average Bonchev–Trinajstić information content (AvgIpc) is 2.40. The van der Waals surface area contributed by atoms with E-state index in [1.54, 1.807) is 7.11 Å². The van der Waals surface area contributed by atoms with Gasteiger partial charge in [0.1, 0.15) is 5.75 Å². The molecular weight excluding hydrogens is 240 g/mol. The SMILES string of the molecule is COc1ccc(NC(=O)C2(C)CCNCC2)cc1C. The normalized spacial score (nSPS) is 17.8. The van der Waals surface area contributed by atoms with Crippen LogP contribution in [0.2, 0.25) is 0 Å². The average molecular weight is 262 g/mol. The number of methoxy groups -OCH3 is 1. The van der Waals surface area contributed by atoms with Gasteiger partial charge < -0.3 is 15.4 Å². The molecule has 4 heteroatoms. The van der Waals surface area contributed by atoms with Crippen molar-refractivity contribution in [2.24, 2.45) is 5.41 Å². The van der Waals surface area contributed by atoms with Crippen molar-refractivity contribution in [1.82, 2.24) is 5.32 Å². The molecule has 0 spiro atoms. The quantitative estimate of drug-likeness (QED) is 0.879. The summed E-state index contributed by atoms with van der Waals surface area (Å²) in [4.78, 5) is 12.4. The van der Waals surface area contributed by atoms with Gasteiger partial charge in [-0.1, -0.05) is 6.92 Å². The number of rotatable bonds is 3. The number of benzene rings is 1. The van der Waals surface area contributed by atoms with Gasteiger partial charge in [-0.25, -0.2) is 0 Å². The molecule has 1 aliphatic heterocycles. The van der Waals surface area contributed by atoms with Crippen LogP contribution < -0.4 is 15.4 Å². The molecule has 0 aromatic heterocycles. The number of amides is 1. The van der Waals surface area contributed by atoms with Crippen molar-refractivity contribution >= 4 is 11.6 Å². The molecule has 1 aromatic rings. The first-order valence-electron chi connectivity index (χ1n) is 6.72. The number of aryl methyl sites for hydroxylation is 1. The molecule has 19 heavy (non-hydrogen) atoms. The van der Waals surface area contributed by atoms with Crippen LogP contribution in [0, 0.1) is 12.3 Å². The number of carbonyl (C=O) groups is 1. The van der Waals surface area contributed by atoms with Gasteiger partial charge in [0.2, 0.25) is 5.91 Å². The van der Waals surface area contributed by atoms with E-state index >= 15 is 0 Å². The lowest BCUT2D eigenvalue weighted by Gasteiger charge is -2.32. The topological polar surface area (TPSA) is 50.4 Å². The van der Waals surface area contributed by atoms with Gasteiger partial charge >= 0.3 is 0 Å². The molecule has 1 aromatic carbocycles. The predicted molar refractivity (Wildman–Crippen MR) is 76.6 cm³/mol. The standard InChI is InChI=1S/C15H22N2O2/c1-11-10-12(4-5-13(11)19-3)17-14(18)15(2)6-8-16-9-7-15/h4-5,10,16H,6-9H2,1-3H3,(H,17,18). The molecule has 0 aliphatic carbocycles. The maximum atomic E-state index is 12.4. The molecule has 0 atom stereocenters. The monoisotopic (exact) mass is 262 g/mol. The summed E-state index contributed by atoms with van der Waals surface area (Å²) in [5.74, 6) is 0.949. The summed E-state index contributed by atoms with van der Waals surface area (Å²) in [6.45, 7) is 5.83. The minimum atomic E-state index is -0.265. The first-order valence-corrected chi connectivity index (χ1v) is 6.72. The van der Waals surface area contributed by atoms with Crippen molar-refractivity contribution < 1.29 is 9.53 Å². The number of hydrogen-bond acceptors (Lipinski definition) is 3. The van der Waals surface area contributed by atoms with Crippen molar-refractivity contribution in [2.75, 3.05) is 25.5 Å². The van der Waals surface area contributed by atoms with Gasteiger partial charge in [0.25, 0.3) is 0 Å². The predicted octanol–water partition coefficient (Wildman–Crippen LogP) is 2.33. The van der Waals surface area contributed by atoms with Crippen LogP contribution in [0.1, 0.15) is 25.3 Å². The van der Waals surface area contributed by atoms with E-state index in [9.17, 15) is 4.79 Å². The smallest absolute Gasteiger partial charge is 0.230 e. The van der Waals surface area contributed by atoms with Crippen LogP contribution in [0.15, 0.2) is 18.2 Å². The molecule has 2 N–H and O–H groups in total. The maximum absolute atomic E-state index is 12.4. The lowest BCUT2D eigenvalue weighted by atomic mass is 9.80. The molecule has 0 bridgehead atoms. The van der Waals surface area contributed by atoms with Gasteiger partial charge in [-0.3, -0.25) is 4.79 Å². The Morgan fingerprint density at radius 3 is 2.63 bits per heavy atom. The Kier molecular flexibility index (Phi) is 4.10. The number of ether oxygens (including phenoxy) is 1. The highest BCUT2D eigenvalue weighted by Crippen LogP contribution is 2.30. The van der Waals surface area contributed by atoms with E-state index in [-0.39, 0.29) is 11.3 Å². The van der Waals surface area contributed by atoms with Crippen LogP contribution in [0.3, 0.4) is 0 Å². The van der Waals surface area contributed by atoms with E-state index in [0.717, 1.165) is 42.9 Å². The molecular formula is C15H22N2O2. The van der Waals surface area contributed by atoms with Crippen molar-refractivity contribution in [3.05, 3.63) is 23.8 Å². The van der Waals surface area contributed by atoms with E-state index in [1.807, 2.05) is 32.0 Å². The van der Waals surface area contributed by atoms with Crippen LogP contribution >= 0.6 is 0 Å². The first-order chi connectivity index (χ1) is 9.05. The number of nitrogens with one attached hydrogen (secondary N) is 2. The third-order valence-corrected chi connectivity index (χ3v) is 3.91. The highest BCUT2D eigenvalue weighted by atomic mass is 16.5. The van der Waals surface area contributed by atoms with E-state index in [1.165, 1.54) is 0 Å². The van der Waals surface area contributed by atoms with Crippen LogP contribution in [0.25, 0.3) is 0 Å². The maximum Gasteiger partial charge on any atom is 0.230 e. The third-order valence-electron chi connectivity index (χ3n) is 3.91. The summed E-state index contributed by atoms with van der Waals surface area (Å²) >= 11 is 0. The zero-order chi connectivity index (χ0) is 13.9. The second-order valence-electron chi connectivity index (χ2n) is 5.45. The molecule has 4 nitrogen and oxygen atoms in total. The molecule has 0 unspecified atom stereocenters. The zero-order valence-electron chi connectivity index (χ0n) is 11.9. The Bertz CT molecular complexity index is 465. The molecule has 0 radical (unpaired) electrons. The summed E-state index contributed by atoms with van der Waals surface area (Å²) < 4.78 is 5.22. The van der Waals surface area contributed by atoms with E-state index < -0.39 is 0 Å². The molecule has 1 saturated heterocycles. The highest BCUT2D eigenvalue weighted by Gasteiger charge is 2.34. The fourth-order valence-corrected chi connectivity index (χ4v) is 2.44. The second-order valence-corrected chi connectivity index (χ2v) is 5.45. The van der Waals surface area contributed by atoms with E-state index in [0.29, 0.717) is 0 Å². The Hall–Kier alpha value is -1.55. The number of piperidine rings is 1. The molecule has 1 fully saturated rings. The third kappa shape index (κ3) is 3.07. The summed E-state index contributed by atoms with van der Waals surface area (Å²) in [6.07, 6.45) is 1.77. The van der Waals surface area contributed by atoms with Crippen LogP contribution in [-0.4, -0.2) is 26.1 Å². The lowest BCUT2D eigenvalue weighted by molar-refractivity contribution is -0.126. The van der Waals surface area contributed by atoms with Crippen LogP contribution in [0.4, 0.5) is 5.69 Å². The van der Waals surface area contributed by atoms with E-state index in [4.69, 9.17) is 4.74 Å². The minimum absolute atomic E-state index is 0.110. The zero-order valence-corrected chi connectivity index (χ0v) is 11.9. The summed E-state index contributed by atoms with van der Waals surface area (Å²) in [5, 5.41) is 6.31. The largest absolute Gasteiger partial charge is 0.496 e. The second kappa shape index (κ2) is 5.61. The summed E-state index contributed by atoms with van der Waals surface area (Å²) in [7, 11) is 1.65. The molecule has 104 valence electrons. The highest BCUT2D eigenvalue weighted by molar-refractivity contribution is 5.95. The van der Waals surface area contributed by atoms with Crippen molar-refractivity contribution in [3.8, 4) is 5.75 Å². The Labute approximate surface area is 114 Å². The number of carbonyl (C=O) groups excluding carboxylic acids is 1. The minimum Gasteiger partial charge on any atom is -0.496 e. The van der Waals surface area contributed by atoms with Gasteiger partial charge in [-0.05, 0) is 56.6 Å². The van der Waals surface area contributed by atoms with Gasteiger partial charge in [0.15, 0.2) is 0 Å². The fourth-order valence-electron chi connectivity index (χ4n) is 2.44. The van der Waals surface area contributed by atoms with Crippen LogP contribution in [-0.2, 0) is 4.79 Å². The Morgan fingerprint density at radius 1 is 1.37 bits per heavy atom. The van der Waals surface area contributed by atoms with Gasteiger partial charge in [-0.2, -0.15) is 0 Å². The molecule has 2 rings (SSSR count). The van der Waals surface area contributed by atoms with Gasteiger partial charge in [0, 0.05) is 11.1 Å². The lowest BCUT2D eigenvalue weighted by Crippen LogP contribution is -2.42. The molecule has 0 saturated carbocycles. The molecule has 1 aliphatic rings. The van der Waals surface area contributed by atoms with E-state index in [2.05, 4.69) is 10.6 Å². The summed E-state index contributed by atoms with van der Waals surface area (Å²) in [5.41, 5.74) is 1.60. The van der Waals surface area contributed by atoms with Crippen molar-refractivity contribution in [3.63, 3.8) is 0 Å². The van der Waals surface area contributed by atoms with Crippen molar-refractivity contribution in [1.29, 1.82) is 0 Å². The van der Waals surface area contributed by atoms with Crippen molar-refractivity contribution in [2.45, 2.75) is 26.7 Å². The Morgan fingerprint density at radius 2 is 2.05 bits per heavy atom. The number of hydrogen-bond donors (Lipinski definition) is 2.